The van der Waals surface area contributed by atoms with Crippen LogP contribution in [0.1, 0.15) is 24.0 Å². The first kappa shape index (κ1) is 18.7. The van der Waals surface area contributed by atoms with Gasteiger partial charge < -0.3 is 21.5 Å². The molecule has 2 atom stereocenters. The summed E-state index contributed by atoms with van der Waals surface area (Å²) >= 11 is 0. The number of aliphatic imine (C=N–C) groups is 1. The molecule has 6 nitrogen and oxygen atoms in total. The monoisotopic (exact) mass is 418 g/mol. The van der Waals surface area contributed by atoms with Gasteiger partial charge in [-0.3, -0.25) is 9.79 Å². The van der Waals surface area contributed by atoms with Crippen LogP contribution in [0.2, 0.25) is 0 Å². The van der Waals surface area contributed by atoms with Gasteiger partial charge in [-0.1, -0.05) is 6.07 Å². The highest BCUT2D eigenvalue weighted by Gasteiger charge is 2.28. The number of amides is 1. The van der Waals surface area contributed by atoms with Crippen LogP contribution in [-0.2, 0) is 9.53 Å². The van der Waals surface area contributed by atoms with Crippen molar-refractivity contribution in [2.45, 2.75) is 38.9 Å². The molecule has 1 saturated heterocycles. The van der Waals surface area contributed by atoms with Gasteiger partial charge in [0.25, 0.3) is 0 Å². The molecule has 5 N–H and O–H groups in total. The zero-order chi connectivity index (χ0) is 15.4. The van der Waals surface area contributed by atoms with Crippen molar-refractivity contribution in [2.75, 3.05) is 11.9 Å². The fraction of sp³-hybridized carbons (Fsp3) is 0.467. The van der Waals surface area contributed by atoms with Crippen LogP contribution in [0.5, 0.6) is 0 Å². The molecule has 2 unspecified atom stereocenters. The largest absolute Gasteiger partial charge is 0.370 e. The van der Waals surface area contributed by atoms with Crippen molar-refractivity contribution >= 4 is 41.5 Å². The second kappa shape index (κ2) is 8.33. The third-order valence-corrected chi connectivity index (χ3v) is 3.67. The van der Waals surface area contributed by atoms with E-state index >= 15 is 0 Å². The lowest BCUT2D eigenvalue weighted by Crippen LogP contribution is -2.29. The summed E-state index contributed by atoms with van der Waals surface area (Å²) in [6.45, 7) is 4.53. The SMILES string of the molecule is Cc1ccc(NC(N)=NCC2CCC(C(N)=O)O2)cc1C.I. The molecule has 0 aliphatic carbocycles. The maximum Gasteiger partial charge on any atom is 0.246 e. The molecule has 0 saturated carbocycles. The molecule has 1 heterocycles. The molecular formula is C15H23IN4O2. The number of benzene rings is 1. The average molecular weight is 418 g/mol. The number of rotatable bonds is 4. The fourth-order valence-corrected chi connectivity index (χ4v) is 2.26. The van der Waals surface area contributed by atoms with Gasteiger partial charge in [0.05, 0.1) is 12.6 Å². The van der Waals surface area contributed by atoms with E-state index in [9.17, 15) is 4.79 Å². The molecule has 1 aliphatic heterocycles. The van der Waals surface area contributed by atoms with E-state index in [1.165, 1.54) is 11.1 Å². The van der Waals surface area contributed by atoms with Crippen LogP contribution in [0.15, 0.2) is 23.2 Å². The molecule has 1 aliphatic rings. The Hall–Kier alpha value is -1.35. The topological polar surface area (TPSA) is 103 Å². The zero-order valence-electron chi connectivity index (χ0n) is 12.8. The lowest BCUT2D eigenvalue weighted by Gasteiger charge is -2.11. The van der Waals surface area contributed by atoms with Gasteiger partial charge in [0.2, 0.25) is 5.91 Å². The van der Waals surface area contributed by atoms with Crippen LogP contribution in [0, 0.1) is 13.8 Å². The second-order valence-electron chi connectivity index (χ2n) is 5.38. The van der Waals surface area contributed by atoms with Crippen molar-refractivity contribution in [3.63, 3.8) is 0 Å². The zero-order valence-corrected chi connectivity index (χ0v) is 15.2. The molecule has 0 bridgehead atoms. The maximum atomic E-state index is 11.0. The molecule has 2 rings (SSSR count). The molecule has 1 aromatic rings. The number of carbonyl (C=O) groups is 1. The Morgan fingerprint density at radius 2 is 2.05 bits per heavy atom. The van der Waals surface area contributed by atoms with Crippen LogP contribution in [-0.4, -0.2) is 30.6 Å². The van der Waals surface area contributed by atoms with E-state index in [2.05, 4.69) is 17.2 Å². The van der Waals surface area contributed by atoms with E-state index in [-0.39, 0.29) is 30.1 Å². The highest BCUT2D eigenvalue weighted by atomic mass is 127. The van der Waals surface area contributed by atoms with Crippen molar-refractivity contribution in [1.29, 1.82) is 0 Å². The molecule has 0 radical (unpaired) electrons. The first-order valence-electron chi connectivity index (χ1n) is 7.04. The molecule has 0 aromatic heterocycles. The van der Waals surface area contributed by atoms with Gasteiger partial charge in [0.15, 0.2) is 5.96 Å². The molecule has 122 valence electrons. The maximum absolute atomic E-state index is 11.0. The standard InChI is InChI=1S/C15H22N4O2.HI/c1-9-3-4-11(7-10(9)2)19-15(17)18-8-12-5-6-13(21-12)14(16)20;/h3-4,7,12-13H,5-6,8H2,1-2H3,(H2,16,20)(H3,17,18,19);1H. The van der Waals surface area contributed by atoms with Gasteiger partial charge in [-0.25, -0.2) is 0 Å². The molecule has 22 heavy (non-hydrogen) atoms. The van der Waals surface area contributed by atoms with Gasteiger partial charge in [-0.2, -0.15) is 0 Å². The number of nitrogens with two attached hydrogens (primary N) is 2. The molecule has 1 aromatic carbocycles. The number of aryl methyl sites for hydroxylation is 2. The highest BCUT2D eigenvalue weighted by Crippen LogP contribution is 2.19. The number of nitrogens with zero attached hydrogens (tertiary/aromatic N) is 1. The van der Waals surface area contributed by atoms with Gasteiger partial charge in [-0.05, 0) is 49.9 Å². The number of carbonyl (C=O) groups excluding carboxylic acids is 1. The first-order valence-corrected chi connectivity index (χ1v) is 7.04. The number of halogens is 1. The third-order valence-electron chi connectivity index (χ3n) is 3.67. The average Bonchev–Trinajstić information content (AvgIpc) is 2.90. The summed E-state index contributed by atoms with van der Waals surface area (Å²) < 4.78 is 5.49. The predicted molar refractivity (Wildman–Crippen MR) is 98.5 cm³/mol. The van der Waals surface area contributed by atoms with Crippen LogP contribution in [0.3, 0.4) is 0 Å². The van der Waals surface area contributed by atoms with Crippen molar-refractivity contribution in [1.82, 2.24) is 0 Å². The summed E-state index contributed by atoms with van der Waals surface area (Å²) in [6.07, 6.45) is 0.843. The van der Waals surface area contributed by atoms with E-state index in [0.717, 1.165) is 12.1 Å². The number of guanidine groups is 1. The quantitative estimate of drug-likeness (QED) is 0.393. The van der Waals surface area contributed by atoms with Crippen LogP contribution in [0.4, 0.5) is 5.69 Å². The Bertz CT molecular complexity index is 562. The minimum absolute atomic E-state index is 0. The number of anilines is 1. The van der Waals surface area contributed by atoms with E-state index in [4.69, 9.17) is 16.2 Å². The van der Waals surface area contributed by atoms with Gasteiger partial charge in [-0.15, -0.1) is 24.0 Å². The minimum Gasteiger partial charge on any atom is -0.370 e. The number of hydrogen-bond donors (Lipinski definition) is 3. The summed E-state index contributed by atoms with van der Waals surface area (Å²) in [4.78, 5) is 15.3. The number of primary amides is 1. The van der Waals surface area contributed by atoms with Crippen molar-refractivity contribution < 1.29 is 9.53 Å². The molecule has 1 fully saturated rings. The van der Waals surface area contributed by atoms with Crippen LogP contribution >= 0.6 is 24.0 Å². The van der Waals surface area contributed by atoms with Gasteiger partial charge in [0.1, 0.15) is 6.10 Å². The Morgan fingerprint density at radius 3 is 2.64 bits per heavy atom. The van der Waals surface area contributed by atoms with E-state index in [1.54, 1.807) is 0 Å². The first-order chi connectivity index (χ1) is 9.95. The van der Waals surface area contributed by atoms with Gasteiger partial charge in [0, 0.05) is 5.69 Å². The number of hydrogen-bond acceptors (Lipinski definition) is 3. The lowest BCUT2D eigenvalue weighted by molar-refractivity contribution is -0.128. The Kier molecular flexibility index (Phi) is 7.08. The molecular weight excluding hydrogens is 395 g/mol. The van der Waals surface area contributed by atoms with Crippen molar-refractivity contribution in [2.24, 2.45) is 16.5 Å². The summed E-state index contributed by atoms with van der Waals surface area (Å²) in [5, 5.41) is 3.05. The smallest absolute Gasteiger partial charge is 0.246 e. The normalized spacial score (nSPS) is 21.3. The number of ether oxygens (including phenoxy) is 1. The Labute approximate surface area is 147 Å². The lowest BCUT2D eigenvalue weighted by atomic mass is 10.1. The fourth-order valence-electron chi connectivity index (χ4n) is 2.26. The van der Waals surface area contributed by atoms with Crippen LogP contribution in [0.25, 0.3) is 0 Å². The Morgan fingerprint density at radius 1 is 1.32 bits per heavy atom. The van der Waals surface area contributed by atoms with Gasteiger partial charge >= 0.3 is 0 Å². The second-order valence-corrected chi connectivity index (χ2v) is 5.38. The molecule has 0 spiro atoms. The van der Waals surface area contributed by atoms with Crippen LogP contribution < -0.4 is 16.8 Å². The molecule has 1 amide bonds. The van der Waals surface area contributed by atoms with E-state index in [1.807, 2.05) is 25.1 Å². The minimum atomic E-state index is -0.487. The Balaban J connectivity index is 0.00000242. The van der Waals surface area contributed by atoms with E-state index < -0.39 is 12.0 Å². The summed E-state index contributed by atoms with van der Waals surface area (Å²) in [6, 6.07) is 6.01. The van der Waals surface area contributed by atoms with Crippen molar-refractivity contribution in [3.8, 4) is 0 Å². The summed E-state index contributed by atoms with van der Waals surface area (Å²) in [5.74, 6) is -0.0768. The third kappa shape index (κ3) is 5.13. The highest BCUT2D eigenvalue weighted by molar-refractivity contribution is 14.0. The summed E-state index contributed by atoms with van der Waals surface area (Å²) in [5.41, 5.74) is 14.4. The number of nitrogens with one attached hydrogen (secondary N) is 1. The summed E-state index contributed by atoms with van der Waals surface area (Å²) in [7, 11) is 0. The van der Waals surface area contributed by atoms with Crippen molar-refractivity contribution in [3.05, 3.63) is 29.3 Å². The molecule has 7 heteroatoms. The predicted octanol–water partition coefficient (Wildman–Crippen LogP) is 1.68. The van der Waals surface area contributed by atoms with E-state index in [0.29, 0.717) is 18.9 Å².